The van der Waals surface area contributed by atoms with Crippen molar-refractivity contribution in [3.63, 3.8) is 0 Å². The van der Waals surface area contributed by atoms with E-state index in [0.717, 1.165) is 0 Å². The van der Waals surface area contributed by atoms with Crippen molar-refractivity contribution in [2.75, 3.05) is 0 Å². The number of hydrogen-bond donors (Lipinski definition) is 0. The molecular weight excluding hydrogens is 330 g/mol. The Hall–Kier alpha value is -4.16. The molecule has 0 radical (unpaired) electrons. The molecule has 1 heterocycles. The molecular formula is C20H11N3O3. The maximum absolute atomic E-state index is 11.2. The van der Waals surface area contributed by atoms with Gasteiger partial charge in [0.2, 0.25) is 0 Å². The molecule has 0 saturated heterocycles. The summed E-state index contributed by atoms with van der Waals surface area (Å²) < 4.78 is 5.67. The molecule has 26 heavy (non-hydrogen) atoms. The first kappa shape index (κ1) is 16.7. The molecule has 3 rings (SSSR count). The third kappa shape index (κ3) is 3.35. The molecule has 3 aromatic rings. The lowest BCUT2D eigenvalue weighted by Crippen LogP contribution is -1.90. The predicted octanol–water partition coefficient (Wildman–Crippen LogP) is 4.79. The summed E-state index contributed by atoms with van der Waals surface area (Å²) in [5.41, 5.74) is 1.67. The van der Waals surface area contributed by atoms with E-state index in [1.54, 1.807) is 54.6 Å². The van der Waals surface area contributed by atoms with Crippen LogP contribution in [0, 0.1) is 32.8 Å². The second kappa shape index (κ2) is 7.16. The molecule has 0 bridgehead atoms. The summed E-state index contributed by atoms with van der Waals surface area (Å²) in [7, 11) is 0. The molecule has 0 saturated carbocycles. The summed E-state index contributed by atoms with van der Waals surface area (Å²) >= 11 is 0. The third-order valence-electron chi connectivity index (χ3n) is 3.70. The highest BCUT2D eigenvalue weighted by molar-refractivity contribution is 5.89. The van der Waals surface area contributed by atoms with Crippen LogP contribution in [0.5, 0.6) is 0 Å². The zero-order chi connectivity index (χ0) is 18.5. The average Bonchev–Trinajstić information content (AvgIpc) is 3.14. The van der Waals surface area contributed by atoms with Gasteiger partial charge in [-0.15, -0.1) is 0 Å². The fraction of sp³-hybridized carbons (Fsp3) is 0. The SMILES string of the molecule is N#C/C(=C\c1ccc(-c2ccccc2[N+](=O)[O-])o1)c1cccc(C#N)c1. The maximum atomic E-state index is 11.2. The van der Waals surface area contributed by atoms with E-state index in [0.29, 0.717) is 33.8 Å². The highest BCUT2D eigenvalue weighted by Gasteiger charge is 2.17. The van der Waals surface area contributed by atoms with Crippen LogP contribution in [0.2, 0.25) is 0 Å². The summed E-state index contributed by atoms with van der Waals surface area (Å²) in [4.78, 5) is 10.7. The van der Waals surface area contributed by atoms with E-state index in [9.17, 15) is 15.4 Å². The van der Waals surface area contributed by atoms with Gasteiger partial charge in [0.25, 0.3) is 5.69 Å². The quantitative estimate of drug-likeness (QED) is 0.385. The number of allylic oxidation sites excluding steroid dienone is 1. The van der Waals surface area contributed by atoms with Gasteiger partial charge in [-0.25, -0.2) is 0 Å². The van der Waals surface area contributed by atoms with Gasteiger partial charge >= 0.3 is 0 Å². The molecule has 0 N–H and O–H groups in total. The fourth-order valence-electron chi connectivity index (χ4n) is 2.50. The standard InChI is InChI=1S/C20H11N3O3/c21-12-14-4-3-5-15(10-14)16(13-22)11-17-8-9-20(26-17)18-6-1-2-7-19(18)23(24)25/h1-11H/b16-11+. The smallest absolute Gasteiger partial charge is 0.280 e. The molecule has 0 aliphatic rings. The van der Waals surface area contributed by atoms with Gasteiger partial charge in [0.1, 0.15) is 11.5 Å². The van der Waals surface area contributed by atoms with Gasteiger partial charge in [0, 0.05) is 6.07 Å². The van der Waals surface area contributed by atoms with Gasteiger partial charge in [-0.1, -0.05) is 24.3 Å². The van der Waals surface area contributed by atoms with Gasteiger partial charge in [0.15, 0.2) is 0 Å². The average molecular weight is 341 g/mol. The first-order valence-electron chi connectivity index (χ1n) is 7.58. The Morgan fingerprint density at radius 1 is 1.08 bits per heavy atom. The van der Waals surface area contributed by atoms with Crippen LogP contribution in [0.4, 0.5) is 5.69 Å². The van der Waals surface area contributed by atoms with Crippen LogP contribution in [0.25, 0.3) is 23.0 Å². The van der Waals surface area contributed by atoms with Crippen LogP contribution in [0.3, 0.4) is 0 Å². The third-order valence-corrected chi connectivity index (χ3v) is 3.70. The van der Waals surface area contributed by atoms with E-state index in [-0.39, 0.29) is 5.69 Å². The highest BCUT2D eigenvalue weighted by Crippen LogP contribution is 2.31. The van der Waals surface area contributed by atoms with Crippen molar-refractivity contribution in [1.82, 2.24) is 0 Å². The van der Waals surface area contributed by atoms with Crippen molar-refractivity contribution in [1.29, 1.82) is 10.5 Å². The van der Waals surface area contributed by atoms with Gasteiger partial charge < -0.3 is 4.42 Å². The number of benzene rings is 2. The van der Waals surface area contributed by atoms with Crippen molar-refractivity contribution in [3.8, 4) is 23.5 Å². The molecule has 6 nitrogen and oxygen atoms in total. The zero-order valence-electron chi connectivity index (χ0n) is 13.4. The minimum Gasteiger partial charge on any atom is -0.456 e. The van der Waals surface area contributed by atoms with Gasteiger partial charge in [-0.3, -0.25) is 10.1 Å². The van der Waals surface area contributed by atoms with Crippen molar-refractivity contribution in [3.05, 3.63) is 87.7 Å². The van der Waals surface area contributed by atoms with Crippen molar-refractivity contribution in [2.24, 2.45) is 0 Å². The number of nitriles is 2. The Bertz CT molecular complexity index is 1100. The van der Waals surface area contributed by atoms with Crippen molar-refractivity contribution < 1.29 is 9.34 Å². The number of para-hydroxylation sites is 1. The second-order valence-electron chi connectivity index (χ2n) is 5.34. The molecule has 6 heteroatoms. The molecule has 0 aliphatic heterocycles. The number of furan rings is 1. The number of nitro groups is 1. The number of nitrogens with zero attached hydrogens (tertiary/aromatic N) is 3. The minimum absolute atomic E-state index is 0.0559. The molecule has 0 unspecified atom stereocenters. The van der Waals surface area contributed by atoms with Crippen LogP contribution in [-0.4, -0.2) is 4.92 Å². The van der Waals surface area contributed by atoms with Gasteiger partial charge in [-0.05, 0) is 42.0 Å². The molecule has 0 fully saturated rings. The van der Waals surface area contributed by atoms with Gasteiger partial charge in [-0.2, -0.15) is 10.5 Å². The number of hydrogen-bond acceptors (Lipinski definition) is 5. The summed E-state index contributed by atoms with van der Waals surface area (Å²) in [5.74, 6) is 0.726. The Kier molecular flexibility index (Phi) is 4.60. The van der Waals surface area contributed by atoms with Crippen molar-refractivity contribution in [2.45, 2.75) is 0 Å². The fourth-order valence-corrected chi connectivity index (χ4v) is 2.50. The number of nitro benzene ring substituents is 1. The van der Waals surface area contributed by atoms with Crippen LogP contribution in [0.1, 0.15) is 16.9 Å². The van der Waals surface area contributed by atoms with Crippen LogP contribution in [-0.2, 0) is 0 Å². The summed E-state index contributed by atoms with van der Waals surface area (Å²) in [5, 5.41) is 29.5. The van der Waals surface area contributed by atoms with E-state index in [1.165, 1.54) is 12.1 Å². The lowest BCUT2D eigenvalue weighted by atomic mass is 10.0. The normalized spacial score (nSPS) is 10.8. The molecule has 1 aromatic heterocycles. The Labute approximate surface area is 149 Å². The monoisotopic (exact) mass is 341 g/mol. The van der Waals surface area contributed by atoms with Crippen LogP contribution < -0.4 is 0 Å². The molecule has 0 amide bonds. The van der Waals surface area contributed by atoms with E-state index in [4.69, 9.17) is 9.68 Å². The summed E-state index contributed by atoms with van der Waals surface area (Å²) in [6.07, 6.45) is 1.54. The topological polar surface area (TPSA) is 104 Å². The minimum atomic E-state index is -0.471. The Morgan fingerprint density at radius 2 is 1.88 bits per heavy atom. The highest BCUT2D eigenvalue weighted by atomic mass is 16.6. The summed E-state index contributed by atoms with van der Waals surface area (Å²) in [6, 6.07) is 20.3. The maximum Gasteiger partial charge on any atom is 0.280 e. The molecule has 0 spiro atoms. The van der Waals surface area contributed by atoms with Crippen LogP contribution in [0.15, 0.2) is 65.1 Å². The van der Waals surface area contributed by atoms with E-state index >= 15 is 0 Å². The molecule has 124 valence electrons. The van der Waals surface area contributed by atoms with E-state index in [1.807, 2.05) is 6.07 Å². The Morgan fingerprint density at radius 3 is 2.62 bits per heavy atom. The first-order chi connectivity index (χ1) is 12.6. The lowest BCUT2D eigenvalue weighted by molar-refractivity contribution is -0.384. The molecule has 0 aliphatic carbocycles. The van der Waals surface area contributed by atoms with E-state index < -0.39 is 4.92 Å². The lowest BCUT2D eigenvalue weighted by Gasteiger charge is -2.00. The molecule has 2 aromatic carbocycles. The molecule has 0 atom stereocenters. The predicted molar refractivity (Wildman–Crippen MR) is 95.4 cm³/mol. The zero-order valence-corrected chi connectivity index (χ0v) is 13.4. The number of rotatable bonds is 4. The Balaban J connectivity index is 2.00. The van der Waals surface area contributed by atoms with Gasteiger partial charge in [0.05, 0.1) is 33.8 Å². The van der Waals surface area contributed by atoms with Crippen molar-refractivity contribution >= 4 is 17.3 Å². The second-order valence-corrected chi connectivity index (χ2v) is 5.34. The first-order valence-corrected chi connectivity index (χ1v) is 7.58. The van der Waals surface area contributed by atoms with E-state index in [2.05, 4.69) is 6.07 Å². The largest absolute Gasteiger partial charge is 0.456 e. The summed E-state index contributed by atoms with van der Waals surface area (Å²) in [6.45, 7) is 0. The van der Waals surface area contributed by atoms with Crippen LogP contribution >= 0.6 is 0 Å².